The van der Waals surface area contributed by atoms with Crippen LogP contribution in [0.25, 0.3) is 5.95 Å². The SMILES string of the molecule is CC(C)(C)OC(=O)N(c1cc(N2CCOCC2)nc(-n2ccc(C3CC3)n2)n1)C1CCC(F)(F)CC1. The number of aromatic nitrogens is 4. The minimum Gasteiger partial charge on any atom is -0.443 e. The van der Waals surface area contributed by atoms with Crippen molar-refractivity contribution in [3.63, 3.8) is 0 Å². The van der Waals surface area contributed by atoms with Gasteiger partial charge in [-0.05, 0) is 52.5 Å². The van der Waals surface area contributed by atoms with Gasteiger partial charge in [0.1, 0.15) is 17.2 Å². The normalized spacial score (nSPS) is 20.9. The molecule has 0 radical (unpaired) electrons. The van der Waals surface area contributed by atoms with Crippen LogP contribution in [0.3, 0.4) is 0 Å². The first-order valence-corrected chi connectivity index (χ1v) is 12.8. The summed E-state index contributed by atoms with van der Waals surface area (Å²) < 4.78 is 40.8. The number of alkyl halides is 2. The van der Waals surface area contributed by atoms with Gasteiger partial charge in [0, 0.05) is 50.2 Å². The Morgan fingerprint density at radius 3 is 2.47 bits per heavy atom. The third-order valence-corrected chi connectivity index (χ3v) is 6.72. The van der Waals surface area contributed by atoms with Gasteiger partial charge in [0.15, 0.2) is 0 Å². The predicted molar refractivity (Wildman–Crippen MR) is 130 cm³/mol. The quantitative estimate of drug-likeness (QED) is 0.584. The topological polar surface area (TPSA) is 85.6 Å². The van der Waals surface area contributed by atoms with Gasteiger partial charge in [-0.3, -0.25) is 4.90 Å². The fourth-order valence-electron chi connectivity index (χ4n) is 4.66. The first-order chi connectivity index (χ1) is 17.1. The second-order valence-corrected chi connectivity index (χ2v) is 10.9. The van der Waals surface area contributed by atoms with Crippen LogP contribution in [0.4, 0.5) is 25.2 Å². The third kappa shape index (κ3) is 5.77. The maximum absolute atomic E-state index is 14.0. The molecular weight excluding hydrogens is 470 g/mol. The molecule has 196 valence electrons. The van der Waals surface area contributed by atoms with E-state index in [0.29, 0.717) is 49.8 Å². The Kier molecular flexibility index (Phi) is 6.61. The molecule has 0 atom stereocenters. The summed E-state index contributed by atoms with van der Waals surface area (Å²) in [5, 5.41) is 4.68. The fourth-order valence-corrected chi connectivity index (χ4v) is 4.66. The lowest BCUT2D eigenvalue weighted by Crippen LogP contribution is -2.47. The number of ether oxygens (including phenoxy) is 2. The molecule has 0 aromatic carbocycles. The van der Waals surface area contributed by atoms with Gasteiger partial charge < -0.3 is 14.4 Å². The molecule has 36 heavy (non-hydrogen) atoms. The van der Waals surface area contributed by atoms with Crippen LogP contribution in [-0.2, 0) is 9.47 Å². The summed E-state index contributed by atoms with van der Waals surface area (Å²) in [7, 11) is 0. The predicted octanol–water partition coefficient (Wildman–Crippen LogP) is 4.70. The minimum atomic E-state index is -2.72. The Labute approximate surface area is 209 Å². The van der Waals surface area contributed by atoms with E-state index in [4.69, 9.17) is 19.4 Å². The molecule has 0 spiro atoms. The summed E-state index contributed by atoms with van der Waals surface area (Å²) in [6, 6.07) is 3.26. The van der Waals surface area contributed by atoms with Crippen molar-refractivity contribution in [3.8, 4) is 5.95 Å². The molecule has 11 heteroatoms. The van der Waals surface area contributed by atoms with Crippen molar-refractivity contribution < 1.29 is 23.0 Å². The molecule has 3 fully saturated rings. The zero-order valence-corrected chi connectivity index (χ0v) is 21.1. The van der Waals surface area contributed by atoms with Crippen LogP contribution < -0.4 is 9.80 Å². The largest absolute Gasteiger partial charge is 0.443 e. The lowest BCUT2D eigenvalue weighted by atomic mass is 9.91. The molecule has 2 saturated carbocycles. The molecule has 5 rings (SSSR count). The van der Waals surface area contributed by atoms with E-state index in [1.165, 1.54) is 4.90 Å². The van der Waals surface area contributed by atoms with Crippen LogP contribution in [0.15, 0.2) is 18.3 Å². The van der Waals surface area contributed by atoms with Crippen LogP contribution >= 0.6 is 0 Å². The smallest absolute Gasteiger partial charge is 0.416 e. The van der Waals surface area contributed by atoms with E-state index in [2.05, 4.69) is 10.00 Å². The number of morpholine rings is 1. The van der Waals surface area contributed by atoms with Crippen molar-refractivity contribution in [2.45, 2.75) is 82.8 Å². The molecule has 2 aliphatic carbocycles. The van der Waals surface area contributed by atoms with Gasteiger partial charge in [0.05, 0.1) is 18.9 Å². The van der Waals surface area contributed by atoms with E-state index in [0.717, 1.165) is 18.5 Å². The van der Waals surface area contributed by atoms with Crippen molar-refractivity contribution in [1.82, 2.24) is 19.7 Å². The van der Waals surface area contributed by atoms with Gasteiger partial charge in [-0.15, -0.1) is 0 Å². The van der Waals surface area contributed by atoms with E-state index in [-0.39, 0.29) is 25.7 Å². The van der Waals surface area contributed by atoms with Gasteiger partial charge in [-0.2, -0.15) is 15.1 Å². The number of carbonyl (C=O) groups is 1. The van der Waals surface area contributed by atoms with Crippen LogP contribution in [0.5, 0.6) is 0 Å². The Hall–Kier alpha value is -2.82. The highest BCUT2D eigenvalue weighted by atomic mass is 19.3. The molecule has 9 nitrogen and oxygen atoms in total. The van der Waals surface area contributed by atoms with Gasteiger partial charge >= 0.3 is 6.09 Å². The van der Waals surface area contributed by atoms with Crippen molar-refractivity contribution in [2.24, 2.45) is 0 Å². The van der Waals surface area contributed by atoms with Crippen LogP contribution in [0, 0.1) is 0 Å². The zero-order chi connectivity index (χ0) is 25.5. The molecule has 0 bridgehead atoms. The number of hydrogen-bond acceptors (Lipinski definition) is 7. The maximum Gasteiger partial charge on any atom is 0.416 e. The molecule has 1 amide bonds. The fraction of sp³-hybridized carbons (Fsp3) is 0.680. The second-order valence-electron chi connectivity index (χ2n) is 10.9. The molecule has 1 saturated heterocycles. The number of rotatable bonds is 5. The zero-order valence-electron chi connectivity index (χ0n) is 21.1. The molecule has 3 heterocycles. The van der Waals surface area contributed by atoms with Gasteiger partial charge in [-0.1, -0.05) is 0 Å². The Morgan fingerprint density at radius 2 is 1.83 bits per heavy atom. The van der Waals surface area contributed by atoms with E-state index in [9.17, 15) is 13.6 Å². The van der Waals surface area contributed by atoms with E-state index < -0.39 is 23.7 Å². The monoisotopic (exact) mass is 504 g/mol. The summed E-state index contributed by atoms with van der Waals surface area (Å²) in [6.45, 7) is 7.77. The van der Waals surface area contributed by atoms with E-state index in [1.807, 2.05) is 12.3 Å². The Bertz CT molecular complexity index is 1080. The van der Waals surface area contributed by atoms with Crippen molar-refractivity contribution in [3.05, 3.63) is 24.0 Å². The first kappa shape index (κ1) is 24.9. The number of nitrogens with zero attached hydrogens (tertiary/aromatic N) is 6. The van der Waals surface area contributed by atoms with Crippen LogP contribution in [0.1, 0.15) is 70.9 Å². The second kappa shape index (κ2) is 9.57. The molecule has 2 aromatic heterocycles. The van der Waals surface area contributed by atoms with Crippen molar-refractivity contribution >= 4 is 17.7 Å². The minimum absolute atomic E-state index is 0.159. The average Bonchev–Trinajstić information content (AvgIpc) is 3.56. The molecule has 3 aliphatic rings. The first-order valence-electron chi connectivity index (χ1n) is 12.8. The van der Waals surface area contributed by atoms with Gasteiger partial charge in [0.2, 0.25) is 5.92 Å². The lowest BCUT2D eigenvalue weighted by molar-refractivity contribution is -0.0388. The highest BCUT2D eigenvalue weighted by Crippen LogP contribution is 2.39. The van der Waals surface area contributed by atoms with E-state index in [1.54, 1.807) is 31.5 Å². The van der Waals surface area contributed by atoms with Crippen LogP contribution in [0.2, 0.25) is 0 Å². The highest BCUT2D eigenvalue weighted by Gasteiger charge is 2.41. The Morgan fingerprint density at radius 1 is 1.14 bits per heavy atom. The number of halogens is 2. The molecular formula is C25H34F2N6O3. The Balaban J connectivity index is 1.55. The van der Waals surface area contributed by atoms with E-state index >= 15 is 0 Å². The van der Waals surface area contributed by atoms with Crippen molar-refractivity contribution in [1.29, 1.82) is 0 Å². The summed E-state index contributed by atoms with van der Waals surface area (Å²) in [5.74, 6) is -0.961. The average molecular weight is 505 g/mol. The molecule has 0 unspecified atom stereocenters. The maximum atomic E-state index is 14.0. The highest BCUT2D eigenvalue weighted by molar-refractivity contribution is 5.88. The molecule has 1 aliphatic heterocycles. The molecule has 0 N–H and O–H groups in total. The standard InChI is InChI=1S/C25H34F2N6O3/c1-24(2,3)36-23(34)33(18-6-9-25(26,27)10-7-18)21-16-20(31-12-14-35-15-13-31)28-22(29-21)32-11-8-19(30-32)17-4-5-17/h8,11,16-18H,4-7,9-10,12-15H2,1-3H3. The summed E-state index contributed by atoms with van der Waals surface area (Å²) in [4.78, 5) is 26.5. The molecule has 2 aromatic rings. The number of anilines is 2. The summed E-state index contributed by atoms with van der Waals surface area (Å²) in [5.41, 5.74) is 0.244. The van der Waals surface area contributed by atoms with Gasteiger partial charge in [0.25, 0.3) is 5.95 Å². The third-order valence-electron chi connectivity index (χ3n) is 6.72. The summed E-state index contributed by atoms with van der Waals surface area (Å²) >= 11 is 0. The number of hydrogen-bond donors (Lipinski definition) is 0. The van der Waals surface area contributed by atoms with Crippen molar-refractivity contribution in [2.75, 3.05) is 36.1 Å². The van der Waals surface area contributed by atoms with Gasteiger partial charge in [-0.25, -0.2) is 18.3 Å². The lowest BCUT2D eigenvalue weighted by Gasteiger charge is -2.37. The summed E-state index contributed by atoms with van der Waals surface area (Å²) in [6.07, 6.45) is 3.22. The number of carbonyl (C=O) groups excluding carboxylic acids is 1. The number of amides is 1. The van der Waals surface area contributed by atoms with Crippen LogP contribution in [-0.4, -0.2) is 69.7 Å².